The lowest BCUT2D eigenvalue weighted by molar-refractivity contribution is -0.131. The van der Waals surface area contributed by atoms with Crippen LogP contribution >= 0.6 is 11.3 Å². The Balaban J connectivity index is 1.34. The SMILES string of the molecule is COc1cc(OC)cc(C(=O)N2CCN(CCN(Cc3ccc(F)cc3)C(=O)Cc3cccs3)CC2)c1. The highest BCUT2D eigenvalue weighted by Gasteiger charge is 2.24. The second kappa shape index (κ2) is 12.7. The zero-order valence-corrected chi connectivity index (χ0v) is 22.0. The molecule has 1 fully saturated rings. The van der Waals surface area contributed by atoms with Crippen molar-refractivity contribution < 1.29 is 23.5 Å². The molecule has 1 aromatic heterocycles. The molecular weight excluding hydrogens is 493 g/mol. The number of thiophene rings is 1. The van der Waals surface area contributed by atoms with E-state index in [1.807, 2.05) is 27.3 Å². The summed E-state index contributed by atoms with van der Waals surface area (Å²) in [5.74, 6) is 0.859. The van der Waals surface area contributed by atoms with Crippen molar-refractivity contribution in [3.8, 4) is 11.5 Å². The number of piperazine rings is 1. The van der Waals surface area contributed by atoms with E-state index in [9.17, 15) is 14.0 Å². The highest BCUT2D eigenvalue weighted by Crippen LogP contribution is 2.24. The molecule has 37 heavy (non-hydrogen) atoms. The number of nitrogens with zero attached hydrogens (tertiary/aromatic N) is 3. The first-order valence-electron chi connectivity index (χ1n) is 12.2. The van der Waals surface area contributed by atoms with Crippen LogP contribution in [0.2, 0.25) is 0 Å². The first-order valence-corrected chi connectivity index (χ1v) is 13.1. The fraction of sp³-hybridized carbons (Fsp3) is 0.357. The van der Waals surface area contributed by atoms with Gasteiger partial charge in [0.05, 0.1) is 20.6 Å². The Morgan fingerprint density at radius 3 is 2.24 bits per heavy atom. The maximum absolute atomic E-state index is 13.4. The molecule has 0 aliphatic carbocycles. The van der Waals surface area contributed by atoms with Crippen molar-refractivity contribution >= 4 is 23.2 Å². The van der Waals surface area contributed by atoms with E-state index in [4.69, 9.17) is 9.47 Å². The van der Waals surface area contributed by atoms with Gasteiger partial charge in [-0.15, -0.1) is 11.3 Å². The highest BCUT2D eigenvalue weighted by atomic mass is 32.1. The molecule has 2 aromatic carbocycles. The van der Waals surface area contributed by atoms with Crippen molar-refractivity contribution in [2.24, 2.45) is 0 Å². The second-order valence-corrected chi connectivity index (χ2v) is 9.97. The predicted octanol–water partition coefficient (Wildman–Crippen LogP) is 3.93. The molecule has 0 N–H and O–H groups in total. The minimum atomic E-state index is -0.292. The van der Waals surface area contributed by atoms with Crippen LogP contribution in [0.3, 0.4) is 0 Å². The molecule has 0 atom stereocenters. The molecule has 0 radical (unpaired) electrons. The molecule has 0 saturated carbocycles. The molecule has 1 aliphatic heterocycles. The van der Waals surface area contributed by atoms with Crippen LogP contribution in [-0.2, 0) is 17.8 Å². The van der Waals surface area contributed by atoms with Gasteiger partial charge in [0.2, 0.25) is 5.91 Å². The third-order valence-corrected chi connectivity index (χ3v) is 7.37. The Kier molecular flexibility index (Phi) is 9.14. The third-order valence-electron chi connectivity index (χ3n) is 6.49. The fourth-order valence-corrected chi connectivity index (χ4v) is 5.02. The van der Waals surface area contributed by atoms with Crippen LogP contribution in [0.1, 0.15) is 20.8 Å². The monoisotopic (exact) mass is 525 g/mol. The van der Waals surface area contributed by atoms with Gasteiger partial charge in [-0.1, -0.05) is 18.2 Å². The molecule has 7 nitrogen and oxygen atoms in total. The summed E-state index contributed by atoms with van der Waals surface area (Å²) < 4.78 is 24.0. The topological polar surface area (TPSA) is 62.3 Å². The van der Waals surface area contributed by atoms with Gasteiger partial charge in [-0.2, -0.15) is 0 Å². The predicted molar refractivity (Wildman–Crippen MR) is 142 cm³/mol. The minimum Gasteiger partial charge on any atom is -0.497 e. The van der Waals surface area contributed by atoms with Crippen molar-refractivity contribution in [2.75, 3.05) is 53.5 Å². The number of ether oxygens (including phenoxy) is 2. The Bertz CT molecular complexity index is 1160. The van der Waals surface area contributed by atoms with Crippen LogP contribution in [-0.4, -0.2) is 80.0 Å². The van der Waals surface area contributed by atoms with Crippen molar-refractivity contribution in [1.29, 1.82) is 0 Å². The van der Waals surface area contributed by atoms with Gasteiger partial charge in [0.25, 0.3) is 5.91 Å². The molecule has 4 rings (SSSR count). The van der Waals surface area contributed by atoms with Crippen LogP contribution in [0, 0.1) is 5.82 Å². The standard InChI is InChI=1S/C28H32FN3O4S/c1-35-24-16-22(17-25(18-24)36-2)28(34)31-12-9-30(10-13-31)11-14-32(20-21-5-7-23(29)8-6-21)27(33)19-26-4-3-15-37-26/h3-8,15-18H,9-14,19-20H2,1-2H3. The normalized spacial score (nSPS) is 13.9. The van der Waals surface area contributed by atoms with Crippen LogP contribution in [0.4, 0.5) is 4.39 Å². The molecule has 1 aliphatic rings. The molecule has 3 aromatic rings. The van der Waals surface area contributed by atoms with Gasteiger partial charge in [-0.3, -0.25) is 14.5 Å². The number of carbonyl (C=O) groups excluding carboxylic acids is 2. The lowest BCUT2D eigenvalue weighted by Crippen LogP contribution is -2.50. The molecule has 2 heterocycles. The van der Waals surface area contributed by atoms with E-state index in [0.717, 1.165) is 23.5 Å². The van der Waals surface area contributed by atoms with Crippen LogP contribution in [0.5, 0.6) is 11.5 Å². The van der Waals surface area contributed by atoms with Gasteiger partial charge < -0.3 is 19.3 Å². The van der Waals surface area contributed by atoms with Crippen molar-refractivity contribution in [1.82, 2.24) is 14.7 Å². The summed E-state index contributed by atoms with van der Waals surface area (Å²) in [6, 6.07) is 15.4. The Morgan fingerprint density at radius 1 is 0.973 bits per heavy atom. The first-order chi connectivity index (χ1) is 17.9. The summed E-state index contributed by atoms with van der Waals surface area (Å²) >= 11 is 1.57. The number of carbonyl (C=O) groups is 2. The Morgan fingerprint density at radius 2 is 1.65 bits per heavy atom. The smallest absolute Gasteiger partial charge is 0.254 e. The van der Waals surface area contributed by atoms with Gasteiger partial charge in [0.1, 0.15) is 17.3 Å². The number of benzene rings is 2. The highest BCUT2D eigenvalue weighted by molar-refractivity contribution is 7.10. The molecule has 0 unspecified atom stereocenters. The second-order valence-electron chi connectivity index (χ2n) is 8.93. The number of halogens is 1. The number of methoxy groups -OCH3 is 2. The van der Waals surface area contributed by atoms with E-state index in [0.29, 0.717) is 56.2 Å². The summed E-state index contributed by atoms with van der Waals surface area (Å²) in [5.41, 5.74) is 1.43. The maximum Gasteiger partial charge on any atom is 0.254 e. The van der Waals surface area contributed by atoms with Gasteiger partial charge in [0, 0.05) is 62.3 Å². The summed E-state index contributed by atoms with van der Waals surface area (Å²) in [7, 11) is 3.12. The van der Waals surface area contributed by atoms with Crippen molar-refractivity contribution in [3.63, 3.8) is 0 Å². The fourth-order valence-electron chi connectivity index (χ4n) is 4.33. The van der Waals surface area contributed by atoms with Gasteiger partial charge >= 0.3 is 0 Å². The van der Waals surface area contributed by atoms with Crippen LogP contribution < -0.4 is 9.47 Å². The molecule has 0 bridgehead atoms. The average molecular weight is 526 g/mol. The summed E-state index contributed by atoms with van der Waals surface area (Å²) in [5, 5.41) is 1.97. The quantitative estimate of drug-likeness (QED) is 0.401. The van der Waals surface area contributed by atoms with Crippen LogP contribution in [0.15, 0.2) is 60.0 Å². The number of hydrogen-bond donors (Lipinski definition) is 0. The van der Waals surface area contributed by atoms with Gasteiger partial charge in [0.15, 0.2) is 0 Å². The van der Waals surface area contributed by atoms with E-state index in [1.54, 1.807) is 55.9 Å². The minimum absolute atomic E-state index is 0.0487. The zero-order valence-electron chi connectivity index (χ0n) is 21.2. The largest absolute Gasteiger partial charge is 0.497 e. The summed E-state index contributed by atoms with van der Waals surface area (Å²) in [6.07, 6.45) is 0.352. The molecular formula is C28H32FN3O4S. The number of rotatable bonds is 10. The molecule has 2 amide bonds. The lowest BCUT2D eigenvalue weighted by atomic mass is 10.1. The van der Waals surface area contributed by atoms with Gasteiger partial charge in [-0.05, 0) is 41.3 Å². The molecule has 0 spiro atoms. The van der Waals surface area contributed by atoms with Crippen molar-refractivity contribution in [3.05, 3.63) is 81.8 Å². The zero-order chi connectivity index (χ0) is 26.2. The van der Waals surface area contributed by atoms with E-state index in [2.05, 4.69) is 4.90 Å². The molecule has 9 heteroatoms. The summed E-state index contributed by atoms with van der Waals surface area (Å²) in [6.45, 7) is 4.32. The van der Waals surface area contributed by atoms with Gasteiger partial charge in [-0.25, -0.2) is 4.39 Å². The number of hydrogen-bond acceptors (Lipinski definition) is 6. The first kappa shape index (κ1) is 26.6. The summed E-state index contributed by atoms with van der Waals surface area (Å²) in [4.78, 5) is 33.2. The van der Waals surface area contributed by atoms with E-state index < -0.39 is 0 Å². The Labute approximate surface area is 221 Å². The molecule has 1 saturated heterocycles. The van der Waals surface area contributed by atoms with Crippen LogP contribution in [0.25, 0.3) is 0 Å². The Hall–Kier alpha value is -3.43. The number of amides is 2. The molecule has 196 valence electrons. The van der Waals surface area contributed by atoms with E-state index >= 15 is 0 Å². The third kappa shape index (κ3) is 7.30. The van der Waals surface area contributed by atoms with Crippen molar-refractivity contribution in [2.45, 2.75) is 13.0 Å². The van der Waals surface area contributed by atoms with E-state index in [1.165, 1.54) is 12.1 Å². The van der Waals surface area contributed by atoms with E-state index in [-0.39, 0.29) is 17.6 Å². The maximum atomic E-state index is 13.4. The lowest BCUT2D eigenvalue weighted by Gasteiger charge is -2.36. The average Bonchev–Trinajstić information content (AvgIpc) is 3.44.